The van der Waals surface area contributed by atoms with Gasteiger partial charge in [-0.1, -0.05) is 32.0 Å². The van der Waals surface area contributed by atoms with E-state index in [0.29, 0.717) is 29.9 Å². The summed E-state index contributed by atoms with van der Waals surface area (Å²) in [5.41, 5.74) is 3.83. The van der Waals surface area contributed by atoms with Crippen molar-refractivity contribution >= 4 is 17.4 Å². The van der Waals surface area contributed by atoms with Gasteiger partial charge in [-0.15, -0.1) is 0 Å². The Balaban J connectivity index is 2.04. The second kappa shape index (κ2) is 7.95. The Kier molecular flexibility index (Phi) is 5.96. The van der Waals surface area contributed by atoms with Crippen LogP contribution in [0.2, 0.25) is 0 Å². The zero-order chi connectivity index (χ0) is 17.7. The molecule has 24 heavy (non-hydrogen) atoms. The van der Waals surface area contributed by atoms with Crippen LogP contribution in [0.3, 0.4) is 0 Å². The van der Waals surface area contributed by atoms with Crippen molar-refractivity contribution in [2.45, 2.75) is 53.4 Å². The number of carbonyl (C=O) groups is 2. The summed E-state index contributed by atoms with van der Waals surface area (Å²) in [7, 11) is 0. The van der Waals surface area contributed by atoms with Crippen LogP contribution in [0, 0.1) is 6.92 Å². The number of anilines is 1. The minimum absolute atomic E-state index is 0.0172. The Hall–Kier alpha value is -2.36. The molecule has 0 aliphatic carbocycles. The van der Waals surface area contributed by atoms with E-state index in [1.807, 2.05) is 18.2 Å². The quantitative estimate of drug-likeness (QED) is 0.762. The lowest BCUT2D eigenvalue weighted by atomic mass is 10.0. The van der Waals surface area contributed by atoms with Gasteiger partial charge in [0.2, 0.25) is 5.91 Å². The van der Waals surface area contributed by atoms with Crippen molar-refractivity contribution in [3.05, 3.63) is 52.5 Å². The van der Waals surface area contributed by atoms with Gasteiger partial charge in [0.05, 0.1) is 5.56 Å². The third-order valence-electron chi connectivity index (χ3n) is 4.21. The van der Waals surface area contributed by atoms with E-state index in [4.69, 9.17) is 4.42 Å². The Morgan fingerprint density at radius 3 is 2.25 bits per heavy atom. The first-order chi connectivity index (χ1) is 11.5. The first kappa shape index (κ1) is 18.0. The average Bonchev–Trinajstić information content (AvgIpc) is 2.94. The fourth-order valence-electron chi connectivity index (χ4n) is 2.86. The van der Waals surface area contributed by atoms with Crippen molar-refractivity contribution in [1.82, 2.24) is 0 Å². The number of amides is 1. The molecule has 0 atom stereocenters. The van der Waals surface area contributed by atoms with Gasteiger partial charge in [0.1, 0.15) is 11.5 Å². The number of para-hydroxylation sites is 1. The highest BCUT2D eigenvalue weighted by molar-refractivity contribution is 5.95. The smallest absolute Gasteiger partial charge is 0.224 e. The van der Waals surface area contributed by atoms with E-state index in [2.05, 4.69) is 19.2 Å². The van der Waals surface area contributed by atoms with Gasteiger partial charge in [-0.3, -0.25) is 9.59 Å². The number of furan rings is 1. The molecule has 1 amide bonds. The van der Waals surface area contributed by atoms with Crippen LogP contribution >= 0.6 is 0 Å². The van der Waals surface area contributed by atoms with Crippen molar-refractivity contribution in [1.29, 1.82) is 0 Å². The molecule has 2 rings (SSSR count). The van der Waals surface area contributed by atoms with Gasteiger partial charge in [-0.05, 0) is 43.9 Å². The monoisotopic (exact) mass is 327 g/mol. The van der Waals surface area contributed by atoms with E-state index in [1.54, 1.807) is 13.0 Å². The topological polar surface area (TPSA) is 59.3 Å². The first-order valence-electron chi connectivity index (χ1n) is 8.47. The summed E-state index contributed by atoms with van der Waals surface area (Å²) in [5, 5.41) is 3.05. The molecular formula is C20H25NO3. The number of carbonyl (C=O) groups excluding carboxylic acids is 2. The summed E-state index contributed by atoms with van der Waals surface area (Å²) < 4.78 is 5.57. The maximum Gasteiger partial charge on any atom is 0.224 e. The molecule has 4 heteroatoms. The summed E-state index contributed by atoms with van der Waals surface area (Å²) in [6, 6.07) is 7.86. The molecule has 1 aromatic carbocycles. The van der Waals surface area contributed by atoms with Gasteiger partial charge >= 0.3 is 0 Å². The third kappa shape index (κ3) is 4.13. The maximum absolute atomic E-state index is 12.3. The van der Waals surface area contributed by atoms with Gasteiger partial charge < -0.3 is 9.73 Å². The van der Waals surface area contributed by atoms with Crippen molar-refractivity contribution < 1.29 is 14.0 Å². The van der Waals surface area contributed by atoms with Crippen molar-refractivity contribution in [2.24, 2.45) is 0 Å². The fourth-order valence-corrected chi connectivity index (χ4v) is 2.86. The number of aryl methyl sites for hydroxylation is 4. The molecule has 4 nitrogen and oxygen atoms in total. The zero-order valence-corrected chi connectivity index (χ0v) is 14.9. The Bertz CT molecular complexity index is 721. The lowest BCUT2D eigenvalue weighted by Gasteiger charge is -2.14. The molecule has 0 bridgehead atoms. The van der Waals surface area contributed by atoms with E-state index in [9.17, 15) is 9.59 Å². The van der Waals surface area contributed by atoms with Crippen LogP contribution in [0.5, 0.6) is 0 Å². The Morgan fingerprint density at radius 2 is 1.75 bits per heavy atom. The van der Waals surface area contributed by atoms with Crippen LogP contribution in [0.4, 0.5) is 5.69 Å². The molecule has 128 valence electrons. The molecule has 1 heterocycles. The predicted octanol–water partition coefficient (Wildman–Crippen LogP) is 4.49. The molecular weight excluding hydrogens is 302 g/mol. The number of rotatable bonds is 7. The first-order valence-corrected chi connectivity index (χ1v) is 8.47. The molecule has 1 N–H and O–H groups in total. The summed E-state index contributed by atoms with van der Waals surface area (Å²) >= 11 is 0. The second-order valence-corrected chi connectivity index (χ2v) is 5.95. The molecule has 0 radical (unpaired) electrons. The van der Waals surface area contributed by atoms with Crippen LogP contribution in [0.15, 0.2) is 28.7 Å². The van der Waals surface area contributed by atoms with Crippen LogP contribution in [-0.2, 0) is 24.1 Å². The summed E-state index contributed by atoms with van der Waals surface area (Å²) in [4.78, 5) is 23.8. The van der Waals surface area contributed by atoms with Gasteiger partial charge in [-0.2, -0.15) is 0 Å². The average molecular weight is 327 g/mol. The number of Topliss-reactive ketones (excluding diaryl/α,β-unsaturated/α-hetero) is 1. The number of hydrogen-bond acceptors (Lipinski definition) is 3. The van der Waals surface area contributed by atoms with Gasteiger partial charge in [0.15, 0.2) is 5.78 Å². The highest BCUT2D eigenvalue weighted by atomic mass is 16.3. The van der Waals surface area contributed by atoms with Crippen molar-refractivity contribution in [2.75, 3.05) is 5.32 Å². The molecule has 0 aliphatic heterocycles. The standard InChI is InChI=1S/C20H25NO3/c1-5-15-8-7-9-16(6-2)20(15)21-19(23)11-10-17-12-18(13(3)22)14(4)24-17/h7-9,12H,5-6,10-11H2,1-4H3,(H,21,23). The lowest BCUT2D eigenvalue weighted by Crippen LogP contribution is -2.15. The number of nitrogens with one attached hydrogen (secondary N) is 1. The highest BCUT2D eigenvalue weighted by Gasteiger charge is 2.14. The number of hydrogen-bond donors (Lipinski definition) is 1. The molecule has 1 aromatic heterocycles. The normalized spacial score (nSPS) is 10.7. The zero-order valence-electron chi connectivity index (χ0n) is 14.9. The Labute approximate surface area is 143 Å². The SMILES string of the molecule is CCc1cccc(CC)c1NC(=O)CCc1cc(C(C)=O)c(C)o1. The lowest BCUT2D eigenvalue weighted by molar-refractivity contribution is -0.116. The molecule has 0 fully saturated rings. The van der Waals surface area contributed by atoms with Crippen LogP contribution in [0.1, 0.15) is 60.2 Å². The largest absolute Gasteiger partial charge is 0.466 e. The molecule has 0 unspecified atom stereocenters. The van der Waals surface area contributed by atoms with E-state index in [0.717, 1.165) is 29.7 Å². The van der Waals surface area contributed by atoms with E-state index in [-0.39, 0.29) is 11.7 Å². The summed E-state index contributed by atoms with van der Waals surface area (Å²) in [6.07, 6.45) is 2.56. The number of ketones is 1. The third-order valence-corrected chi connectivity index (χ3v) is 4.21. The molecule has 0 saturated carbocycles. The van der Waals surface area contributed by atoms with Crippen LogP contribution in [-0.4, -0.2) is 11.7 Å². The van der Waals surface area contributed by atoms with Gasteiger partial charge in [0, 0.05) is 18.5 Å². The minimum Gasteiger partial charge on any atom is -0.466 e. The molecule has 2 aromatic rings. The molecule has 0 spiro atoms. The van der Waals surface area contributed by atoms with Crippen molar-refractivity contribution in [3.63, 3.8) is 0 Å². The van der Waals surface area contributed by atoms with Gasteiger partial charge in [-0.25, -0.2) is 0 Å². The minimum atomic E-state index is -0.0379. The van der Waals surface area contributed by atoms with E-state index in [1.165, 1.54) is 6.92 Å². The summed E-state index contributed by atoms with van der Waals surface area (Å²) in [5.74, 6) is 1.23. The summed E-state index contributed by atoms with van der Waals surface area (Å²) in [6.45, 7) is 7.45. The van der Waals surface area contributed by atoms with E-state index < -0.39 is 0 Å². The Morgan fingerprint density at radius 1 is 1.12 bits per heavy atom. The highest BCUT2D eigenvalue weighted by Crippen LogP contribution is 2.23. The van der Waals surface area contributed by atoms with E-state index >= 15 is 0 Å². The van der Waals surface area contributed by atoms with Crippen LogP contribution < -0.4 is 5.32 Å². The molecule has 0 aliphatic rings. The molecule has 0 saturated heterocycles. The second-order valence-electron chi connectivity index (χ2n) is 5.95. The number of benzene rings is 1. The van der Waals surface area contributed by atoms with Gasteiger partial charge in [0.25, 0.3) is 0 Å². The van der Waals surface area contributed by atoms with Crippen LogP contribution in [0.25, 0.3) is 0 Å². The predicted molar refractivity (Wildman–Crippen MR) is 95.6 cm³/mol. The fraction of sp³-hybridized carbons (Fsp3) is 0.400. The van der Waals surface area contributed by atoms with Crippen molar-refractivity contribution in [3.8, 4) is 0 Å². The maximum atomic E-state index is 12.3.